The Labute approximate surface area is 144 Å². The van der Waals surface area contributed by atoms with E-state index in [0.29, 0.717) is 24.0 Å². The van der Waals surface area contributed by atoms with Crippen LogP contribution in [0.3, 0.4) is 0 Å². The molecular formula is C16H20N6O3. The molecule has 2 aromatic rings. The molecule has 1 atom stereocenters. The molecule has 9 nitrogen and oxygen atoms in total. The van der Waals surface area contributed by atoms with Gasteiger partial charge in [-0.15, -0.1) is 5.10 Å². The van der Waals surface area contributed by atoms with Crippen molar-refractivity contribution in [1.29, 1.82) is 0 Å². The molecule has 1 aromatic carbocycles. The van der Waals surface area contributed by atoms with E-state index in [9.17, 15) is 9.59 Å². The molecule has 3 N–H and O–H groups in total. The van der Waals surface area contributed by atoms with Crippen molar-refractivity contribution in [2.24, 2.45) is 0 Å². The number of nitrogens with zero attached hydrogens (tertiary/aromatic N) is 4. The Morgan fingerprint density at radius 1 is 1.28 bits per heavy atom. The lowest BCUT2D eigenvalue weighted by Crippen LogP contribution is -2.43. The second-order valence-corrected chi connectivity index (χ2v) is 5.97. The molecule has 1 heterocycles. The van der Waals surface area contributed by atoms with Crippen LogP contribution in [0.15, 0.2) is 24.3 Å². The van der Waals surface area contributed by atoms with E-state index in [1.165, 1.54) is 0 Å². The molecule has 132 valence electrons. The standard InChI is InChI=1S/C16H20N6O3/c1-2-11(9-23)17-15(24)16(25)18-12-5-3-10(4-6-12)14-19-20-21-22(14)13-7-8-13/h3-6,11,13,23H,2,7-9H2,1H3,(H,17,24)(H,18,25)/t11-/m1/s1. The third-order valence-corrected chi connectivity index (χ3v) is 4.04. The Kier molecular flexibility index (Phi) is 5.03. The first kappa shape index (κ1) is 17.0. The molecule has 1 saturated carbocycles. The van der Waals surface area contributed by atoms with Crippen molar-refractivity contribution in [3.8, 4) is 11.4 Å². The Morgan fingerprint density at radius 3 is 2.60 bits per heavy atom. The number of aliphatic hydroxyl groups is 1. The number of aliphatic hydroxyl groups excluding tert-OH is 1. The average molecular weight is 344 g/mol. The number of carbonyl (C=O) groups is 2. The summed E-state index contributed by atoms with van der Waals surface area (Å²) >= 11 is 0. The number of amides is 2. The van der Waals surface area contributed by atoms with Crippen LogP contribution in [0.25, 0.3) is 11.4 Å². The molecule has 1 aromatic heterocycles. The number of benzene rings is 1. The molecule has 0 aliphatic heterocycles. The number of hydrogen-bond donors (Lipinski definition) is 3. The molecule has 3 rings (SSSR count). The van der Waals surface area contributed by atoms with Gasteiger partial charge in [0.25, 0.3) is 0 Å². The summed E-state index contributed by atoms with van der Waals surface area (Å²) in [6.45, 7) is 1.60. The summed E-state index contributed by atoms with van der Waals surface area (Å²) in [4.78, 5) is 23.7. The van der Waals surface area contributed by atoms with Gasteiger partial charge in [0.05, 0.1) is 18.7 Å². The molecular weight excluding hydrogens is 324 g/mol. The third-order valence-electron chi connectivity index (χ3n) is 4.04. The van der Waals surface area contributed by atoms with Gasteiger partial charge in [-0.05, 0) is 54.0 Å². The van der Waals surface area contributed by atoms with Gasteiger partial charge in [-0.3, -0.25) is 9.59 Å². The molecule has 0 spiro atoms. The summed E-state index contributed by atoms with van der Waals surface area (Å²) in [6, 6.07) is 6.90. The van der Waals surface area contributed by atoms with E-state index in [-0.39, 0.29) is 6.61 Å². The molecule has 9 heteroatoms. The number of rotatable bonds is 6. The van der Waals surface area contributed by atoms with Crippen LogP contribution in [-0.4, -0.2) is 49.8 Å². The zero-order valence-corrected chi connectivity index (χ0v) is 13.8. The topological polar surface area (TPSA) is 122 Å². The van der Waals surface area contributed by atoms with Crippen molar-refractivity contribution in [2.45, 2.75) is 38.3 Å². The summed E-state index contributed by atoms with van der Waals surface area (Å²) in [5.41, 5.74) is 1.33. The summed E-state index contributed by atoms with van der Waals surface area (Å²) in [6.07, 6.45) is 2.70. The minimum atomic E-state index is -0.775. The number of tetrazole rings is 1. The van der Waals surface area contributed by atoms with Crippen molar-refractivity contribution in [1.82, 2.24) is 25.5 Å². The quantitative estimate of drug-likeness (QED) is 0.656. The number of nitrogens with one attached hydrogen (secondary N) is 2. The van der Waals surface area contributed by atoms with Gasteiger partial charge in [-0.2, -0.15) is 0 Å². The predicted molar refractivity (Wildman–Crippen MR) is 89.5 cm³/mol. The van der Waals surface area contributed by atoms with Gasteiger partial charge in [0.1, 0.15) is 0 Å². The summed E-state index contributed by atoms with van der Waals surface area (Å²) in [5, 5.41) is 25.8. The van der Waals surface area contributed by atoms with Gasteiger partial charge in [0.2, 0.25) is 0 Å². The maximum Gasteiger partial charge on any atom is 0.313 e. The van der Waals surface area contributed by atoms with Gasteiger partial charge in [-0.1, -0.05) is 6.92 Å². The number of hydrogen-bond acceptors (Lipinski definition) is 6. The summed E-state index contributed by atoms with van der Waals surface area (Å²) in [5.74, 6) is -0.864. The summed E-state index contributed by atoms with van der Waals surface area (Å²) < 4.78 is 1.81. The van der Waals surface area contributed by atoms with Crippen molar-refractivity contribution in [3.05, 3.63) is 24.3 Å². The van der Waals surface area contributed by atoms with Gasteiger partial charge < -0.3 is 15.7 Å². The normalized spacial score (nSPS) is 14.8. The Balaban J connectivity index is 1.63. The first-order valence-corrected chi connectivity index (χ1v) is 8.23. The molecule has 1 aliphatic carbocycles. The van der Waals surface area contributed by atoms with Crippen LogP contribution in [0.4, 0.5) is 5.69 Å². The second-order valence-electron chi connectivity index (χ2n) is 5.97. The maximum absolute atomic E-state index is 11.9. The Morgan fingerprint density at radius 2 is 2.00 bits per heavy atom. The molecule has 0 radical (unpaired) electrons. The van der Waals surface area contributed by atoms with Crippen molar-refractivity contribution < 1.29 is 14.7 Å². The van der Waals surface area contributed by atoms with E-state index >= 15 is 0 Å². The Hall–Kier alpha value is -2.81. The molecule has 0 bridgehead atoms. The lowest BCUT2D eigenvalue weighted by atomic mass is 10.2. The van der Waals surface area contributed by atoms with Gasteiger partial charge in [-0.25, -0.2) is 4.68 Å². The Bertz CT molecular complexity index is 749. The third kappa shape index (κ3) is 4.00. The van der Waals surface area contributed by atoms with Crippen LogP contribution >= 0.6 is 0 Å². The maximum atomic E-state index is 11.9. The van der Waals surface area contributed by atoms with E-state index in [2.05, 4.69) is 26.2 Å². The molecule has 2 amide bonds. The van der Waals surface area contributed by atoms with E-state index in [0.717, 1.165) is 18.4 Å². The van der Waals surface area contributed by atoms with Crippen LogP contribution in [0, 0.1) is 0 Å². The molecule has 0 unspecified atom stereocenters. The first-order valence-electron chi connectivity index (χ1n) is 8.23. The zero-order valence-electron chi connectivity index (χ0n) is 13.8. The highest BCUT2D eigenvalue weighted by molar-refractivity contribution is 6.39. The van der Waals surface area contributed by atoms with Crippen molar-refractivity contribution >= 4 is 17.5 Å². The molecule has 1 aliphatic rings. The highest BCUT2D eigenvalue weighted by Gasteiger charge is 2.28. The van der Waals surface area contributed by atoms with Crippen LogP contribution in [-0.2, 0) is 9.59 Å². The fourth-order valence-electron chi connectivity index (χ4n) is 2.37. The fourth-order valence-corrected chi connectivity index (χ4v) is 2.37. The van der Waals surface area contributed by atoms with Crippen LogP contribution in [0.1, 0.15) is 32.2 Å². The number of anilines is 1. The van der Waals surface area contributed by atoms with Crippen LogP contribution < -0.4 is 10.6 Å². The monoisotopic (exact) mass is 344 g/mol. The van der Waals surface area contributed by atoms with E-state index in [4.69, 9.17) is 5.11 Å². The van der Waals surface area contributed by atoms with E-state index in [1.807, 2.05) is 6.92 Å². The highest BCUT2D eigenvalue weighted by atomic mass is 16.3. The smallest absolute Gasteiger partial charge is 0.313 e. The molecule has 25 heavy (non-hydrogen) atoms. The average Bonchev–Trinajstić information content (AvgIpc) is 3.36. The number of aromatic nitrogens is 4. The van der Waals surface area contributed by atoms with E-state index < -0.39 is 17.9 Å². The minimum Gasteiger partial charge on any atom is -0.394 e. The molecule has 0 saturated heterocycles. The van der Waals surface area contributed by atoms with Gasteiger partial charge >= 0.3 is 11.8 Å². The minimum absolute atomic E-state index is 0.208. The van der Waals surface area contributed by atoms with Crippen LogP contribution in [0.5, 0.6) is 0 Å². The van der Waals surface area contributed by atoms with Gasteiger partial charge in [0.15, 0.2) is 5.82 Å². The van der Waals surface area contributed by atoms with Crippen LogP contribution in [0.2, 0.25) is 0 Å². The van der Waals surface area contributed by atoms with E-state index in [1.54, 1.807) is 28.9 Å². The zero-order chi connectivity index (χ0) is 17.8. The van der Waals surface area contributed by atoms with Crippen molar-refractivity contribution in [2.75, 3.05) is 11.9 Å². The lowest BCUT2D eigenvalue weighted by Gasteiger charge is -2.13. The largest absolute Gasteiger partial charge is 0.394 e. The predicted octanol–water partition coefficient (Wildman–Crippen LogP) is 0.501. The van der Waals surface area contributed by atoms with Crippen molar-refractivity contribution in [3.63, 3.8) is 0 Å². The SMILES string of the molecule is CC[C@H](CO)NC(=O)C(=O)Nc1ccc(-c2nnnn2C2CC2)cc1. The molecule has 1 fully saturated rings. The summed E-state index contributed by atoms with van der Waals surface area (Å²) in [7, 11) is 0. The van der Waals surface area contributed by atoms with Gasteiger partial charge in [0, 0.05) is 11.3 Å². The highest BCUT2D eigenvalue weighted by Crippen LogP contribution is 2.36. The second kappa shape index (κ2) is 7.39. The fraction of sp³-hybridized carbons (Fsp3) is 0.438. The number of carbonyl (C=O) groups excluding carboxylic acids is 2. The lowest BCUT2D eigenvalue weighted by molar-refractivity contribution is -0.136. The first-order chi connectivity index (χ1) is 12.1.